The van der Waals surface area contributed by atoms with E-state index < -0.39 is 12.2 Å². The Morgan fingerprint density at radius 2 is 1.96 bits per heavy atom. The number of alkyl halides is 2. The molecule has 0 amide bonds. The maximum atomic E-state index is 12.7. The number of nitrogens with zero attached hydrogens (tertiary/aromatic N) is 1. The third kappa shape index (κ3) is 2.87. The van der Waals surface area contributed by atoms with Crippen LogP contribution in [0.25, 0.3) is 0 Å². The number of oxime groups is 1. The van der Waals surface area contributed by atoms with Gasteiger partial charge in [-0.3, -0.25) is 4.79 Å². The molecule has 23 heavy (non-hydrogen) atoms. The van der Waals surface area contributed by atoms with Crippen LogP contribution in [0.3, 0.4) is 0 Å². The van der Waals surface area contributed by atoms with Crippen LogP contribution in [-0.2, 0) is 9.63 Å². The van der Waals surface area contributed by atoms with E-state index in [0.717, 1.165) is 19.3 Å². The number of carbonyl (C=O) groups is 1. The van der Waals surface area contributed by atoms with E-state index in [0.29, 0.717) is 18.4 Å². The molecule has 1 spiro atoms. The Morgan fingerprint density at radius 1 is 1.22 bits per heavy atom. The van der Waals surface area contributed by atoms with Crippen molar-refractivity contribution >= 4 is 11.5 Å². The van der Waals surface area contributed by atoms with Gasteiger partial charge in [0.15, 0.2) is 17.2 Å². The first kappa shape index (κ1) is 15.7. The predicted molar refractivity (Wildman–Crippen MR) is 78.1 cm³/mol. The molecule has 7 heteroatoms. The van der Waals surface area contributed by atoms with Gasteiger partial charge in [0.1, 0.15) is 0 Å². The highest BCUT2D eigenvalue weighted by Gasteiger charge is 2.49. The third-order valence-corrected chi connectivity index (χ3v) is 4.25. The fraction of sp³-hybridized carbons (Fsp3) is 0.500. The monoisotopic (exact) mass is 325 g/mol. The minimum Gasteiger partial charge on any atom is -0.493 e. The number of methoxy groups -OCH3 is 1. The summed E-state index contributed by atoms with van der Waals surface area (Å²) in [5, 5.41) is 3.95. The summed E-state index contributed by atoms with van der Waals surface area (Å²) in [7, 11) is 1.34. The van der Waals surface area contributed by atoms with Gasteiger partial charge in [0, 0.05) is 5.56 Å². The van der Waals surface area contributed by atoms with Crippen LogP contribution in [-0.4, -0.2) is 30.8 Å². The van der Waals surface area contributed by atoms with Crippen molar-refractivity contribution in [3.05, 3.63) is 23.8 Å². The first-order valence-corrected chi connectivity index (χ1v) is 7.50. The standard InChI is InChI=1S/C16H17F2NO4/c1-21-12-9-10(5-6-11(12)22-15(17)18)13-14(20)16(23-19-13)7-3-2-4-8-16/h5-6,9,15H,2-4,7-8H2,1H3. The molecular formula is C16H17F2NO4. The lowest BCUT2D eigenvalue weighted by atomic mass is 9.80. The molecule has 1 aliphatic heterocycles. The Kier molecular flexibility index (Phi) is 4.19. The molecule has 0 atom stereocenters. The quantitative estimate of drug-likeness (QED) is 0.852. The Balaban J connectivity index is 1.86. The van der Waals surface area contributed by atoms with E-state index in [9.17, 15) is 13.6 Å². The van der Waals surface area contributed by atoms with Crippen molar-refractivity contribution in [1.82, 2.24) is 0 Å². The zero-order valence-corrected chi connectivity index (χ0v) is 12.7. The van der Waals surface area contributed by atoms with Gasteiger partial charge in [-0.05, 0) is 43.9 Å². The third-order valence-electron chi connectivity index (χ3n) is 4.25. The summed E-state index contributed by atoms with van der Waals surface area (Å²) >= 11 is 0. The van der Waals surface area contributed by atoms with Gasteiger partial charge in [-0.15, -0.1) is 0 Å². The molecule has 1 aromatic rings. The van der Waals surface area contributed by atoms with Gasteiger partial charge in [0.05, 0.1) is 7.11 Å². The van der Waals surface area contributed by atoms with Crippen LogP contribution in [0.4, 0.5) is 8.78 Å². The van der Waals surface area contributed by atoms with Gasteiger partial charge in [-0.2, -0.15) is 8.78 Å². The number of rotatable bonds is 4. The number of ketones is 1. The molecule has 1 heterocycles. The molecular weight excluding hydrogens is 308 g/mol. The maximum Gasteiger partial charge on any atom is 0.387 e. The van der Waals surface area contributed by atoms with Crippen LogP contribution >= 0.6 is 0 Å². The molecule has 1 aromatic carbocycles. The summed E-state index contributed by atoms with van der Waals surface area (Å²) in [6.45, 7) is -2.95. The molecule has 2 aliphatic rings. The van der Waals surface area contributed by atoms with Gasteiger partial charge in [-0.25, -0.2) is 0 Å². The minimum atomic E-state index is -2.95. The molecule has 124 valence electrons. The van der Waals surface area contributed by atoms with Crippen LogP contribution < -0.4 is 9.47 Å². The van der Waals surface area contributed by atoms with E-state index >= 15 is 0 Å². The normalized spacial score (nSPS) is 19.7. The van der Waals surface area contributed by atoms with Gasteiger partial charge < -0.3 is 14.3 Å². The van der Waals surface area contributed by atoms with E-state index in [1.165, 1.54) is 25.3 Å². The Morgan fingerprint density at radius 3 is 2.61 bits per heavy atom. The molecule has 0 unspecified atom stereocenters. The van der Waals surface area contributed by atoms with Crippen molar-refractivity contribution in [3.8, 4) is 11.5 Å². The Labute approximate surface area is 132 Å². The first-order chi connectivity index (χ1) is 11.1. The number of Topliss-reactive ketones (excluding diaryl/α,β-unsaturated/α-hetero) is 1. The van der Waals surface area contributed by atoms with Crippen molar-refractivity contribution in [1.29, 1.82) is 0 Å². The highest BCUT2D eigenvalue weighted by molar-refractivity contribution is 6.49. The molecule has 5 nitrogen and oxygen atoms in total. The summed E-state index contributed by atoms with van der Waals surface area (Å²) in [5.41, 5.74) is -0.177. The van der Waals surface area contributed by atoms with Crippen LogP contribution in [0.2, 0.25) is 0 Å². The van der Waals surface area contributed by atoms with E-state index in [4.69, 9.17) is 9.57 Å². The second kappa shape index (κ2) is 6.14. The lowest BCUT2D eigenvalue weighted by Gasteiger charge is -2.28. The molecule has 0 bridgehead atoms. The smallest absolute Gasteiger partial charge is 0.387 e. The zero-order chi connectivity index (χ0) is 16.4. The van der Waals surface area contributed by atoms with Gasteiger partial charge in [0.25, 0.3) is 0 Å². The summed E-state index contributed by atoms with van der Waals surface area (Å²) in [5.74, 6) is -0.129. The Hall–Kier alpha value is -2.18. The van der Waals surface area contributed by atoms with Crippen LogP contribution in [0, 0.1) is 0 Å². The zero-order valence-electron chi connectivity index (χ0n) is 12.7. The van der Waals surface area contributed by atoms with Crippen molar-refractivity contribution in [3.63, 3.8) is 0 Å². The SMILES string of the molecule is COc1cc(C2=NOC3(CCCCC3)C2=O)ccc1OC(F)F. The largest absolute Gasteiger partial charge is 0.493 e. The van der Waals surface area contributed by atoms with Crippen molar-refractivity contribution < 1.29 is 27.9 Å². The molecule has 0 aromatic heterocycles. The minimum absolute atomic E-state index is 0.0920. The fourth-order valence-electron chi connectivity index (χ4n) is 3.06. The number of ether oxygens (including phenoxy) is 2. The molecule has 0 saturated heterocycles. The van der Waals surface area contributed by atoms with E-state index in [-0.39, 0.29) is 23.0 Å². The predicted octanol–water partition coefficient (Wildman–Crippen LogP) is 3.30. The molecule has 1 saturated carbocycles. The topological polar surface area (TPSA) is 57.1 Å². The number of hydrogen-bond donors (Lipinski definition) is 0. The van der Waals surface area contributed by atoms with E-state index in [1.54, 1.807) is 0 Å². The molecule has 0 radical (unpaired) electrons. The average molecular weight is 325 g/mol. The number of benzene rings is 1. The number of hydrogen-bond acceptors (Lipinski definition) is 5. The number of carbonyl (C=O) groups excluding carboxylic acids is 1. The van der Waals surface area contributed by atoms with E-state index in [1.807, 2.05) is 0 Å². The van der Waals surface area contributed by atoms with E-state index in [2.05, 4.69) is 9.89 Å². The fourth-order valence-corrected chi connectivity index (χ4v) is 3.06. The van der Waals surface area contributed by atoms with Crippen molar-refractivity contribution in [2.24, 2.45) is 5.16 Å². The lowest BCUT2D eigenvalue weighted by molar-refractivity contribution is -0.136. The van der Waals surface area contributed by atoms with Gasteiger partial charge in [-0.1, -0.05) is 11.6 Å². The Bertz CT molecular complexity index is 639. The molecule has 1 aliphatic carbocycles. The van der Waals surface area contributed by atoms with Gasteiger partial charge >= 0.3 is 6.61 Å². The average Bonchev–Trinajstić information content (AvgIpc) is 2.85. The lowest BCUT2D eigenvalue weighted by Crippen LogP contribution is -2.41. The summed E-state index contributed by atoms with van der Waals surface area (Å²) < 4.78 is 34.2. The highest BCUT2D eigenvalue weighted by atomic mass is 19.3. The molecule has 3 rings (SSSR count). The number of halogens is 2. The summed E-state index contributed by atoms with van der Waals surface area (Å²) in [6.07, 6.45) is 4.25. The maximum absolute atomic E-state index is 12.7. The highest BCUT2D eigenvalue weighted by Crippen LogP contribution is 2.38. The van der Waals surface area contributed by atoms with Gasteiger partial charge in [0.2, 0.25) is 11.4 Å². The van der Waals surface area contributed by atoms with Crippen molar-refractivity contribution in [2.75, 3.05) is 7.11 Å². The van der Waals surface area contributed by atoms with Crippen LogP contribution in [0.5, 0.6) is 11.5 Å². The van der Waals surface area contributed by atoms with Crippen LogP contribution in [0.1, 0.15) is 37.7 Å². The summed E-state index contributed by atoms with van der Waals surface area (Å²) in [6, 6.07) is 4.30. The second-order valence-corrected chi connectivity index (χ2v) is 5.66. The van der Waals surface area contributed by atoms with Crippen LogP contribution in [0.15, 0.2) is 23.4 Å². The van der Waals surface area contributed by atoms with Crippen molar-refractivity contribution in [2.45, 2.75) is 44.3 Å². The second-order valence-electron chi connectivity index (χ2n) is 5.66. The first-order valence-electron chi connectivity index (χ1n) is 7.50. The summed E-state index contributed by atoms with van der Waals surface area (Å²) in [4.78, 5) is 18.2. The molecule has 1 fully saturated rings. The molecule has 0 N–H and O–H groups in total.